The smallest absolute Gasteiger partial charge is 0.252 e. The van der Waals surface area contributed by atoms with Crippen LogP contribution in [0.4, 0.5) is 0 Å². The Morgan fingerprint density at radius 1 is 1.04 bits per heavy atom. The van der Waals surface area contributed by atoms with Crippen LogP contribution in [-0.2, 0) is 11.2 Å². The van der Waals surface area contributed by atoms with Crippen molar-refractivity contribution in [2.24, 2.45) is 0 Å². The van der Waals surface area contributed by atoms with Gasteiger partial charge in [0.25, 0.3) is 5.91 Å². The molecular weight excluding hydrogens is 334 g/mol. The van der Waals surface area contributed by atoms with Crippen molar-refractivity contribution in [1.82, 2.24) is 15.1 Å². The average Bonchev–Trinajstić information content (AvgIpc) is 3.18. The molecule has 2 amide bonds. The lowest BCUT2D eigenvalue weighted by Gasteiger charge is -2.34. The summed E-state index contributed by atoms with van der Waals surface area (Å²) in [5.74, 6) is 0.175. The van der Waals surface area contributed by atoms with E-state index < -0.39 is 0 Å². The highest BCUT2D eigenvalue weighted by molar-refractivity contribution is 7.08. The van der Waals surface area contributed by atoms with Crippen LogP contribution in [0.15, 0.2) is 47.2 Å². The summed E-state index contributed by atoms with van der Waals surface area (Å²) >= 11 is 1.52. The van der Waals surface area contributed by atoms with Gasteiger partial charge in [-0.15, -0.1) is 0 Å². The highest BCUT2D eigenvalue weighted by Gasteiger charge is 2.20. The standard InChI is InChI=1S/C19H23N3O2S/c23-18(14-16-4-2-1-3-5-16)22-11-9-21(10-12-22)8-7-20-19(24)17-6-13-25-15-17/h1-6,13,15H,7-12,14H2,(H,20,24). The summed E-state index contributed by atoms with van der Waals surface area (Å²) in [6.45, 7) is 4.67. The minimum atomic E-state index is -0.0158. The summed E-state index contributed by atoms with van der Waals surface area (Å²) in [5, 5.41) is 6.70. The Morgan fingerprint density at radius 2 is 1.80 bits per heavy atom. The first kappa shape index (κ1) is 17.6. The van der Waals surface area contributed by atoms with Gasteiger partial charge in [-0.25, -0.2) is 0 Å². The van der Waals surface area contributed by atoms with Crippen molar-refractivity contribution in [2.45, 2.75) is 6.42 Å². The van der Waals surface area contributed by atoms with E-state index in [1.54, 1.807) is 0 Å². The summed E-state index contributed by atoms with van der Waals surface area (Å²) in [6.07, 6.45) is 0.470. The second-order valence-corrected chi connectivity index (χ2v) is 6.93. The lowest BCUT2D eigenvalue weighted by atomic mass is 10.1. The van der Waals surface area contributed by atoms with E-state index in [9.17, 15) is 9.59 Å². The molecule has 1 fully saturated rings. The molecule has 0 bridgehead atoms. The number of nitrogens with one attached hydrogen (secondary N) is 1. The van der Waals surface area contributed by atoms with Crippen molar-refractivity contribution in [1.29, 1.82) is 0 Å². The van der Waals surface area contributed by atoms with Gasteiger partial charge in [0.15, 0.2) is 0 Å². The highest BCUT2D eigenvalue weighted by atomic mass is 32.1. The molecule has 132 valence electrons. The Kier molecular flexibility index (Phi) is 6.19. The number of rotatable bonds is 6. The van der Waals surface area contributed by atoms with Crippen molar-refractivity contribution in [2.75, 3.05) is 39.3 Å². The number of piperazine rings is 1. The average molecular weight is 357 g/mol. The molecule has 6 heteroatoms. The van der Waals surface area contributed by atoms with Gasteiger partial charge in [0.05, 0.1) is 6.42 Å². The van der Waals surface area contributed by atoms with Crippen molar-refractivity contribution < 1.29 is 9.59 Å². The lowest BCUT2D eigenvalue weighted by Crippen LogP contribution is -2.50. The molecule has 0 saturated carbocycles. The summed E-state index contributed by atoms with van der Waals surface area (Å²) in [6, 6.07) is 11.7. The Labute approximate surface area is 152 Å². The molecule has 0 unspecified atom stereocenters. The number of hydrogen-bond acceptors (Lipinski definition) is 4. The number of hydrogen-bond donors (Lipinski definition) is 1. The molecule has 2 aromatic rings. The predicted molar refractivity (Wildman–Crippen MR) is 99.8 cm³/mol. The summed E-state index contributed by atoms with van der Waals surface area (Å²) in [5.41, 5.74) is 1.78. The van der Waals surface area contributed by atoms with Crippen molar-refractivity contribution >= 4 is 23.2 Å². The number of nitrogens with zero attached hydrogens (tertiary/aromatic N) is 2. The molecule has 0 radical (unpaired) electrons. The Morgan fingerprint density at radius 3 is 2.48 bits per heavy atom. The quantitative estimate of drug-likeness (QED) is 0.859. The van der Waals surface area contributed by atoms with E-state index in [2.05, 4.69) is 10.2 Å². The largest absolute Gasteiger partial charge is 0.351 e. The molecule has 5 nitrogen and oxygen atoms in total. The number of thiophene rings is 1. The van der Waals surface area contributed by atoms with Gasteiger partial charge in [0.2, 0.25) is 5.91 Å². The Hall–Kier alpha value is -2.18. The third kappa shape index (κ3) is 5.14. The summed E-state index contributed by atoms with van der Waals surface area (Å²) < 4.78 is 0. The van der Waals surface area contributed by atoms with Crippen molar-refractivity contribution in [3.63, 3.8) is 0 Å². The van der Waals surface area contributed by atoms with Gasteiger partial charge in [-0.1, -0.05) is 30.3 Å². The first-order valence-corrected chi connectivity index (χ1v) is 9.51. The molecule has 0 atom stereocenters. The molecule has 25 heavy (non-hydrogen) atoms. The van der Waals surface area contributed by atoms with Gasteiger partial charge >= 0.3 is 0 Å². The molecule has 1 N–H and O–H groups in total. The van der Waals surface area contributed by atoms with Crippen LogP contribution >= 0.6 is 11.3 Å². The van der Waals surface area contributed by atoms with Crippen molar-refractivity contribution in [3.05, 3.63) is 58.3 Å². The van der Waals surface area contributed by atoms with E-state index in [0.29, 0.717) is 13.0 Å². The third-order valence-electron chi connectivity index (χ3n) is 4.42. The fraction of sp³-hybridized carbons (Fsp3) is 0.368. The van der Waals surface area contributed by atoms with Gasteiger partial charge in [-0.2, -0.15) is 11.3 Å². The van der Waals surface area contributed by atoms with E-state index in [1.165, 1.54) is 11.3 Å². The first-order valence-electron chi connectivity index (χ1n) is 8.57. The first-order chi connectivity index (χ1) is 12.2. The van der Waals surface area contributed by atoms with Crippen molar-refractivity contribution in [3.8, 4) is 0 Å². The van der Waals surface area contributed by atoms with Crippen LogP contribution < -0.4 is 5.32 Å². The second-order valence-electron chi connectivity index (χ2n) is 6.15. The SMILES string of the molecule is O=C(NCCN1CCN(C(=O)Cc2ccccc2)CC1)c1ccsc1. The lowest BCUT2D eigenvalue weighted by molar-refractivity contribution is -0.132. The zero-order valence-electron chi connectivity index (χ0n) is 14.2. The number of carbonyl (C=O) groups excluding carboxylic acids is 2. The minimum Gasteiger partial charge on any atom is -0.351 e. The molecule has 1 aliphatic rings. The molecular formula is C19H23N3O2S. The maximum absolute atomic E-state index is 12.4. The van der Waals surface area contributed by atoms with Gasteiger partial charge in [-0.3, -0.25) is 14.5 Å². The minimum absolute atomic E-state index is 0.0158. The number of benzene rings is 1. The fourth-order valence-electron chi connectivity index (χ4n) is 2.93. The van der Waals surface area contributed by atoms with Crippen LogP contribution in [0.2, 0.25) is 0 Å². The maximum atomic E-state index is 12.4. The topological polar surface area (TPSA) is 52.7 Å². The van der Waals surface area contributed by atoms with Crippen LogP contribution in [-0.4, -0.2) is 60.9 Å². The maximum Gasteiger partial charge on any atom is 0.252 e. The van der Waals surface area contributed by atoms with Crippen LogP contribution in [0.25, 0.3) is 0 Å². The fourth-order valence-corrected chi connectivity index (χ4v) is 3.56. The number of carbonyl (C=O) groups is 2. The van der Waals surface area contributed by atoms with Crippen LogP contribution in [0.1, 0.15) is 15.9 Å². The predicted octanol–water partition coefficient (Wildman–Crippen LogP) is 1.86. The van der Waals surface area contributed by atoms with E-state index in [0.717, 1.165) is 43.9 Å². The van der Waals surface area contributed by atoms with Crippen LogP contribution in [0, 0.1) is 0 Å². The van der Waals surface area contributed by atoms with Gasteiger partial charge in [0, 0.05) is 50.2 Å². The van der Waals surface area contributed by atoms with E-state index in [4.69, 9.17) is 0 Å². The second kappa shape index (κ2) is 8.78. The Bertz CT molecular complexity index is 680. The normalized spacial score (nSPS) is 15.1. The molecule has 0 aliphatic carbocycles. The van der Waals surface area contributed by atoms with Gasteiger partial charge in [0.1, 0.15) is 0 Å². The van der Waals surface area contributed by atoms with Gasteiger partial charge < -0.3 is 10.2 Å². The molecule has 1 aromatic carbocycles. The summed E-state index contributed by atoms with van der Waals surface area (Å²) in [7, 11) is 0. The van der Waals surface area contributed by atoms with E-state index in [1.807, 2.05) is 52.1 Å². The molecule has 3 rings (SSSR count). The monoisotopic (exact) mass is 357 g/mol. The number of amides is 2. The van der Waals surface area contributed by atoms with E-state index in [-0.39, 0.29) is 11.8 Å². The molecule has 1 aromatic heterocycles. The molecule has 1 aliphatic heterocycles. The zero-order valence-corrected chi connectivity index (χ0v) is 15.0. The molecule has 0 spiro atoms. The van der Waals surface area contributed by atoms with Crippen LogP contribution in [0.5, 0.6) is 0 Å². The zero-order chi connectivity index (χ0) is 17.5. The molecule has 2 heterocycles. The highest BCUT2D eigenvalue weighted by Crippen LogP contribution is 2.07. The summed E-state index contributed by atoms with van der Waals surface area (Å²) in [4.78, 5) is 28.5. The third-order valence-corrected chi connectivity index (χ3v) is 5.10. The Balaban J connectivity index is 1.35. The van der Waals surface area contributed by atoms with Crippen LogP contribution in [0.3, 0.4) is 0 Å². The van der Waals surface area contributed by atoms with Gasteiger partial charge in [-0.05, 0) is 17.0 Å². The van der Waals surface area contributed by atoms with E-state index >= 15 is 0 Å². The molecule has 1 saturated heterocycles.